The van der Waals surface area contributed by atoms with E-state index in [-0.39, 0.29) is 29.0 Å². The zero-order chi connectivity index (χ0) is 25.5. The molecule has 9 nitrogen and oxygen atoms in total. The molecule has 0 amide bonds. The van der Waals surface area contributed by atoms with Gasteiger partial charge in [-0.1, -0.05) is 62.9 Å². The van der Waals surface area contributed by atoms with Gasteiger partial charge in [0.1, 0.15) is 0 Å². The lowest BCUT2D eigenvalue weighted by molar-refractivity contribution is -0.117. The molecule has 0 radical (unpaired) electrons. The Morgan fingerprint density at radius 2 is 1.94 bits per heavy atom. The fourth-order valence-electron chi connectivity index (χ4n) is 3.27. The van der Waals surface area contributed by atoms with Gasteiger partial charge in [0.15, 0.2) is 5.12 Å². The first-order valence-electron chi connectivity index (χ1n) is 11.4. The lowest BCUT2D eigenvalue weighted by Gasteiger charge is -2.22. The second-order valence-corrected chi connectivity index (χ2v) is 13.5. The monoisotopic (exact) mass is 541 g/mol. The molecule has 0 spiro atoms. The quantitative estimate of drug-likeness (QED) is 0.319. The van der Waals surface area contributed by atoms with Gasteiger partial charge in [0.25, 0.3) is 5.56 Å². The molecule has 1 fully saturated rings. The van der Waals surface area contributed by atoms with Crippen molar-refractivity contribution in [1.82, 2.24) is 14.6 Å². The Balaban J connectivity index is 1.57. The molecule has 35 heavy (non-hydrogen) atoms. The molecular weight excluding hydrogens is 509 g/mol. The molecule has 1 aliphatic heterocycles. The SMILES string of the molecule is CC(C)(C)C(=O)SCCOP(=O)(NCc1ccccc1)OCC1CCC(n2ccc(=O)[nH]c2=O)S1. The number of hydrogen-bond acceptors (Lipinski definition) is 8. The summed E-state index contributed by atoms with van der Waals surface area (Å²) >= 11 is 2.69. The van der Waals surface area contributed by atoms with Gasteiger partial charge in [0.2, 0.25) is 0 Å². The van der Waals surface area contributed by atoms with Crippen LogP contribution >= 0.6 is 31.3 Å². The predicted octanol–water partition coefficient (Wildman–Crippen LogP) is 4.17. The molecule has 2 heterocycles. The van der Waals surface area contributed by atoms with Crippen molar-refractivity contribution >= 4 is 36.4 Å². The average molecular weight is 542 g/mol. The van der Waals surface area contributed by atoms with Crippen molar-refractivity contribution in [2.45, 2.75) is 50.8 Å². The van der Waals surface area contributed by atoms with E-state index in [4.69, 9.17) is 9.05 Å². The van der Waals surface area contributed by atoms with Crippen LogP contribution in [0.2, 0.25) is 0 Å². The summed E-state index contributed by atoms with van der Waals surface area (Å²) in [6.07, 6.45) is 2.97. The molecule has 0 saturated carbocycles. The van der Waals surface area contributed by atoms with E-state index < -0.39 is 24.4 Å². The third-order valence-corrected chi connectivity index (χ3v) is 9.52. The topological polar surface area (TPSA) is 119 Å². The highest BCUT2D eigenvalue weighted by Crippen LogP contribution is 2.47. The van der Waals surface area contributed by atoms with Gasteiger partial charge in [-0.3, -0.25) is 28.2 Å². The van der Waals surface area contributed by atoms with Crippen LogP contribution in [-0.2, 0) is 25.0 Å². The minimum atomic E-state index is -3.65. The van der Waals surface area contributed by atoms with E-state index in [9.17, 15) is 18.9 Å². The number of carbonyl (C=O) groups is 1. The van der Waals surface area contributed by atoms with E-state index >= 15 is 0 Å². The summed E-state index contributed by atoms with van der Waals surface area (Å²) in [6.45, 7) is 6.13. The molecule has 1 saturated heterocycles. The van der Waals surface area contributed by atoms with Gasteiger partial charge >= 0.3 is 13.4 Å². The maximum atomic E-state index is 13.5. The third-order valence-electron chi connectivity index (χ3n) is 5.19. The van der Waals surface area contributed by atoms with Crippen LogP contribution in [0.5, 0.6) is 0 Å². The lowest BCUT2D eigenvalue weighted by atomic mass is 10.00. The van der Waals surface area contributed by atoms with Crippen LogP contribution in [0, 0.1) is 5.41 Å². The van der Waals surface area contributed by atoms with Crippen LogP contribution in [0.15, 0.2) is 52.2 Å². The molecule has 192 valence electrons. The number of aromatic amines is 1. The first-order chi connectivity index (χ1) is 16.6. The van der Waals surface area contributed by atoms with Crippen molar-refractivity contribution in [3.8, 4) is 0 Å². The van der Waals surface area contributed by atoms with Crippen LogP contribution in [0.25, 0.3) is 0 Å². The fourth-order valence-corrected chi connectivity index (χ4v) is 7.05. The molecule has 0 bridgehead atoms. The van der Waals surface area contributed by atoms with Crippen LogP contribution in [0.3, 0.4) is 0 Å². The molecule has 3 rings (SSSR count). The Labute approximate surface area is 213 Å². The highest BCUT2D eigenvalue weighted by molar-refractivity contribution is 8.13. The third kappa shape index (κ3) is 8.77. The highest BCUT2D eigenvalue weighted by atomic mass is 32.2. The molecule has 1 aliphatic rings. The van der Waals surface area contributed by atoms with E-state index in [1.807, 2.05) is 51.1 Å². The second-order valence-electron chi connectivity index (χ2n) is 9.14. The number of benzene rings is 1. The van der Waals surface area contributed by atoms with Crippen LogP contribution in [0.1, 0.15) is 44.6 Å². The van der Waals surface area contributed by atoms with Crippen molar-refractivity contribution in [3.63, 3.8) is 0 Å². The van der Waals surface area contributed by atoms with Crippen molar-refractivity contribution in [2.75, 3.05) is 19.0 Å². The summed E-state index contributed by atoms with van der Waals surface area (Å²) in [5.41, 5.74) is -0.401. The van der Waals surface area contributed by atoms with E-state index in [0.717, 1.165) is 30.2 Å². The number of thioether (sulfide) groups is 2. The highest BCUT2D eigenvalue weighted by Gasteiger charge is 2.32. The number of rotatable bonds is 11. The summed E-state index contributed by atoms with van der Waals surface area (Å²) in [4.78, 5) is 37.8. The molecule has 0 aliphatic carbocycles. The van der Waals surface area contributed by atoms with Gasteiger partial charge in [-0.2, -0.15) is 0 Å². The van der Waals surface area contributed by atoms with Crippen molar-refractivity contribution in [1.29, 1.82) is 0 Å². The normalized spacial score (nSPS) is 20.0. The van der Waals surface area contributed by atoms with Gasteiger partial charge in [0.05, 0.1) is 18.6 Å². The van der Waals surface area contributed by atoms with Crippen molar-refractivity contribution in [3.05, 3.63) is 69.0 Å². The number of aromatic nitrogens is 2. The fraction of sp³-hybridized carbons (Fsp3) is 0.522. The van der Waals surface area contributed by atoms with Crippen LogP contribution in [-0.4, -0.2) is 38.9 Å². The van der Waals surface area contributed by atoms with Crippen LogP contribution < -0.4 is 16.3 Å². The summed E-state index contributed by atoms with van der Waals surface area (Å²) in [5.74, 6) is 0.367. The Morgan fingerprint density at radius 1 is 1.20 bits per heavy atom. The van der Waals surface area contributed by atoms with E-state index in [2.05, 4.69) is 10.1 Å². The summed E-state index contributed by atoms with van der Waals surface area (Å²) in [7, 11) is -3.65. The molecule has 2 N–H and O–H groups in total. The molecular formula is C23H32N3O6PS2. The maximum Gasteiger partial charge on any atom is 0.405 e. The Kier molecular flexibility index (Phi) is 10.0. The molecule has 3 atom stereocenters. The number of H-pyrrole nitrogens is 1. The number of hydrogen-bond donors (Lipinski definition) is 2. The van der Waals surface area contributed by atoms with Gasteiger partial charge in [-0.05, 0) is 18.4 Å². The first kappa shape index (κ1) is 28.0. The number of carbonyl (C=O) groups excluding carboxylic acids is 1. The average Bonchev–Trinajstić information content (AvgIpc) is 3.28. The molecule has 1 aromatic carbocycles. The molecule has 1 aromatic heterocycles. The van der Waals surface area contributed by atoms with Gasteiger partial charge in [0, 0.05) is 35.2 Å². The standard InChI is InChI=1S/C23H32N3O6PS2/c1-23(2,3)21(28)34-14-13-31-33(30,24-15-17-7-5-4-6-8-17)32-16-18-9-10-20(35-18)26-12-11-19(27)25-22(26)29/h4-8,11-12,18,20H,9-10,13-16H2,1-3H3,(H,24,30)(H,25,27,29). The number of nitrogens with one attached hydrogen (secondary N) is 2. The number of nitrogens with zero attached hydrogens (tertiary/aromatic N) is 1. The Morgan fingerprint density at radius 3 is 2.63 bits per heavy atom. The predicted molar refractivity (Wildman–Crippen MR) is 141 cm³/mol. The Bertz CT molecular complexity index is 1150. The minimum absolute atomic E-state index is 0.00567. The zero-order valence-electron chi connectivity index (χ0n) is 20.1. The molecule has 2 aromatic rings. The summed E-state index contributed by atoms with van der Waals surface area (Å²) in [5, 5.41) is 2.84. The van der Waals surface area contributed by atoms with Gasteiger partial charge in [-0.15, -0.1) is 11.8 Å². The zero-order valence-corrected chi connectivity index (χ0v) is 22.6. The van der Waals surface area contributed by atoms with E-state index in [1.165, 1.54) is 28.6 Å². The Hall–Kier alpha value is -1.62. The lowest BCUT2D eigenvalue weighted by Crippen LogP contribution is -2.29. The van der Waals surface area contributed by atoms with Crippen molar-refractivity contribution < 1.29 is 18.4 Å². The minimum Gasteiger partial charge on any atom is -0.296 e. The van der Waals surface area contributed by atoms with Crippen LogP contribution in [0.4, 0.5) is 0 Å². The first-order valence-corrected chi connectivity index (χ1v) is 14.9. The summed E-state index contributed by atoms with van der Waals surface area (Å²) < 4.78 is 26.4. The largest absolute Gasteiger partial charge is 0.405 e. The smallest absolute Gasteiger partial charge is 0.296 e. The summed E-state index contributed by atoms with van der Waals surface area (Å²) in [6, 6.07) is 10.8. The maximum absolute atomic E-state index is 13.5. The van der Waals surface area contributed by atoms with E-state index in [0.29, 0.717) is 12.3 Å². The van der Waals surface area contributed by atoms with E-state index in [1.54, 1.807) is 0 Å². The van der Waals surface area contributed by atoms with Gasteiger partial charge in [-0.25, -0.2) is 14.4 Å². The second kappa shape index (κ2) is 12.6. The van der Waals surface area contributed by atoms with Crippen molar-refractivity contribution in [2.24, 2.45) is 5.41 Å². The van der Waals surface area contributed by atoms with Gasteiger partial charge < -0.3 is 0 Å². The molecule has 12 heteroatoms. The molecule has 3 unspecified atom stereocenters.